The van der Waals surface area contributed by atoms with Crippen LogP contribution in [-0.4, -0.2) is 11.3 Å². The third-order valence-corrected chi connectivity index (χ3v) is 3.48. The van der Waals surface area contributed by atoms with E-state index in [-0.39, 0.29) is 11.6 Å². The van der Waals surface area contributed by atoms with Gasteiger partial charge in [-0.1, -0.05) is 0 Å². The molecule has 4 nitrogen and oxygen atoms in total. The van der Waals surface area contributed by atoms with Crippen LogP contribution in [0, 0.1) is 6.92 Å². The highest BCUT2D eigenvalue weighted by Crippen LogP contribution is 2.33. The molecule has 2 aromatic rings. The van der Waals surface area contributed by atoms with Gasteiger partial charge in [0.1, 0.15) is 11.5 Å². The fourth-order valence-corrected chi connectivity index (χ4v) is 1.87. The lowest BCUT2D eigenvalue weighted by Crippen LogP contribution is -2.16. The maximum atomic E-state index is 12.0. The van der Waals surface area contributed by atoms with Crippen LogP contribution < -0.4 is 15.2 Å². The van der Waals surface area contributed by atoms with Gasteiger partial charge in [-0.3, -0.25) is 0 Å². The van der Waals surface area contributed by atoms with Gasteiger partial charge in [-0.2, -0.15) is 0 Å². The molecular formula is C13H10BrF3N2O2. The summed E-state index contributed by atoms with van der Waals surface area (Å²) in [6, 6.07) is 5.00. The summed E-state index contributed by atoms with van der Waals surface area (Å²) in [7, 11) is 0. The molecule has 2 N–H and O–H groups in total. The van der Waals surface area contributed by atoms with Gasteiger partial charge < -0.3 is 15.2 Å². The summed E-state index contributed by atoms with van der Waals surface area (Å²) in [6.07, 6.45) is -3.28. The number of ether oxygens (including phenoxy) is 2. The largest absolute Gasteiger partial charge is 0.573 e. The average molecular weight is 363 g/mol. The Hall–Kier alpha value is -1.96. The summed E-state index contributed by atoms with van der Waals surface area (Å²) in [6.45, 7) is 1.79. The van der Waals surface area contributed by atoms with Gasteiger partial charge in [0.15, 0.2) is 0 Å². The van der Waals surface area contributed by atoms with Crippen LogP contribution in [0.4, 0.5) is 18.9 Å². The zero-order valence-electron chi connectivity index (χ0n) is 10.7. The van der Waals surface area contributed by atoms with Gasteiger partial charge in [0, 0.05) is 0 Å². The number of nitrogens with two attached hydrogens (primary N) is 1. The molecular weight excluding hydrogens is 353 g/mol. The fraction of sp³-hybridized carbons (Fsp3) is 0.154. The van der Waals surface area contributed by atoms with Crippen molar-refractivity contribution in [3.05, 3.63) is 40.5 Å². The van der Waals surface area contributed by atoms with E-state index in [1.165, 1.54) is 18.3 Å². The van der Waals surface area contributed by atoms with E-state index in [9.17, 15) is 13.2 Å². The van der Waals surface area contributed by atoms with Crippen molar-refractivity contribution in [1.82, 2.24) is 4.98 Å². The highest BCUT2D eigenvalue weighted by Gasteiger charge is 2.31. The van der Waals surface area contributed by atoms with Crippen molar-refractivity contribution in [2.24, 2.45) is 0 Å². The van der Waals surface area contributed by atoms with E-state index in [2.05, 4.69) is 25.7 Å². The Morgan fingerprint density at radius 2 is 1.71 bits per heavy atom. The standard InChI is InChI=1S/C13H10BrF3N2O2/c1-7-10(18)6-19-12(11(7)14)20-8-2-4-9(5-3-8)21-13(15,16)17/h2-6H,18H2,1H3. The zero-order valence-corrected chi connectivity index (χ0v) is 12.3. The van der Waals surface area contributed by atoms with Gasteiger partial charge in [0.25, 0.3) is 0 Å². The fourth-order valence-electron chi connectivity index (χ4n) is 1.46. The first-order valence-electron chi connectivity index (χ1n) is 5.70. The Balaban J connectivity index is 2.16. The van der Waals surface area contributed by atoms with Gasteiger partial charge in [0.05, 0.1) is 16.4 Å². The van der Waals surface area contributed by atoms with Gasteiger partial charge >= 0.3 is 6.36 Å². The van der Waals surface area contributed by atoms with Crippen LogP contribution in [0.3, 0.4) is 0 Å². The normalized spacial score (nSPS) is 11.3. The third kappa shape index (κ3) is 4.01. The summed E-state index contributed by atoms with van der Waals surface area (Å²) in [4.78, 5) is 4.01. The van der Waals surface area contributed by atoms with Gasteiger partial charge in [0.2, 0.25) is 5.88 Å². The van der Waals surface area contributed by atoms with Crippen molar-refractivity contribution in [1.29, 1.82) is 0 Å². The minimum Gasteiger partial charge on any atom is -0.438 e. The molecule has 0 bridgehead atoms. The summed E-state index contributed by atoms with van der Waals surface area (Å²) in [5.74, 6) is 0.267. The number of halogens is 4. The van der Waals surface area contributed by atoms with Crippen LogP contribution in [0.25, 0.3) is 0 Å². The molecule has 112 valence electrons. The molecule has 1 aromatic carbocycles. The summed E-state index contributed by atoms with van der Waals surface area (Å²) >= 11 is 3.30. The molecule has 21 heavy (non-hydrogen) atoms. The average Bonchev–Trinajstić information content (AvgIpc) is 2.40. The molecule has 1 heterocycles. The van der Waals surface area contributed by atoms with E-state index in [1.807, 2.05) is 0 Å². The van der Waals surface area contributed by atoms with Gasteiger partial charge in [-0.05, 0) is 52.7 Å². The lowest BCUT2D eigenvalue weighted by molar-refractivity contribution is -0.274. The van der Waals surface area contributed by atoms with Crippen molar-refractivity contribution >= 4 is 21.6 Å². The van der Waals surface area contributed by atoms with Gasteiger partial charge in [-0.15, -0.1) is 13.2 Å². The number of pyridine rings is 1. The summed E-state index contributed by atoms with van der Waals surface area (Å²) < 4.78 is 46.0. The monoisotopic (exact) mass is 362 g/mol. The van der Waals surface area contributed by atoms with Crippen LogP contribution in [0.1, 0.15) is 5.56 Å². The first-order chi connectivity index (χ1) is 9.76. The number of anilines is 1. The van der Waals surface area contributed by atoms with Crippen molar-refractivity contribution < 1.29 is 22.6 Å². The molecule has 0 spiro atoms. The number of rotatable bonds is 3. The molecule has 1 aromatic heterocycles. The predicted molar refractivity (Wildman–Crippen MR) is 74.3 cm³/mol. The van der Waals surface area contributed by atoms with Gasteiger partial charge in [-0.25, -0.2) is 4.98 Å². The first kappa shape index (κ1) is 15.4. The molecule has 0 aliphatic heterocycles. The maximum Gasteiger partial charge on any atom is 0.573 e. The van der Waals surface area contributed by atoms with Crippen LogP contribution >= 0.6 is 15.9 Å². The number of hydrogen-bond donors (Lipinski definition) is 1. The topological polar surface area (TPSA) is 57.4 Å². The van der Waals surface area contributed by atoms with Crippen molar-refractivity contribution in [2.75, 3.05) is 5.73 Å². The second kappa shape index (κ2) is 5.80. The van der Waals surface area contributed by atoms with Crippen molar-refractivity contribution in [3.8, 4) is 17.4 Å². The second-order valence-corrected chi connectivity index (χ2v) is 4.87. The Morgan fingerprint density at radius 1 is 1.14 bits per heavy atom. The number of benzene rings is 1. The molecule has 0 amide bonds. The number of nitrogens with zero attached hydrogens (tertiary/aromatic N) is 1. The minimum absolute atomic E-state index is 0.270. The Bertz CT molecular complexity index is 645. The van der Waals surface area contributed by atoms with Crippen molar-refractivity contribution in [3.63, 3.8) is 0 Å². The number of alkyl halides is 3. The third-order valence-electron chi connectivity index (χ3n) is 2.54. The Labute approximate surface area is 126 Å². The van der Waals surface area contributed by atoms with E-state index >= 15 is 0 Å². The molecule has 0 aliphatic rings. The molecule has 0 fully saturated rings. The molecule has 0 radical (unpaired) electrons. The number of hydrogen-bond acceptors (Lipinski definition) is 4. The molecule has 0 saturated carbocycles. The second-order valence-electron chi connectivity index (χ2n) is 4.08. The molecule has 0 aliphatic carbocycles. The van der Waals surface area contributed by atoms with E-state index in [4.69, 9.17) is 10.5 Å². The van der Waals surface area contributed by atoms with E-state index in [1.54, 1.807) is 6.92 Å². The zero-order chi connectivity index (χ0) is 15.6. The first-order valence-corrected chi connectivity index (χ1v) is 6.50. The van der Waals surface area contributed by atoms with E-state index in [0.29, 0.717) is 15.9 Å². The highest BCUT2D eigenvalue weighted by molar-refractivity contribution is 9.10. The highest BCUT2D eigenvalue weighted by atomic mass is 79.9. The van der Waals surface area contributed by atoms with Crippen LogP contribution in [-0.2, 0) is 0 Å². The SMILES string of the molecule is Cc1c(N)cnc(Oc2ccc(OC(F)(F)F)cc2)c1Br. The number of aromatic nitrogens is 1. The van der Waals surface area contributed by atoms with Crippen LogP contribution in [0.15, 0.2) is 34.9 Å². The van der Waals surface area contributed by atoms with Crippen LogP contribution in [0.2, 0.25) is 0 Å². The van der Waals surface area contributed by atoms with Crippen molar-refractivity contribution in [2.45, 2.75) is 13.3 Å². The maximum absolute atomic E-state index is 12.0. The summed E-state index contributed by atoms with van der Waals surface area (Å²) in [5.41, 5.74) is 6.95. The predicted octanol–water partition coefficient (Wildman–Crippen LogP) is 4.43. The molecule has 0 unspecified atom stereocenters. The lowest BCUT2D eigenvalue weighted by Gasteiger charge is -2.11. The molecule has 2 rings (SSSR count). The Kier molecular flexibility index (Phi) is 4.26. The number of nitrogen functional groups attached to an aromatic ring is 1. The summed E-state index contributed by atoms with van der Waals surface area (Å²) in [5, 5.41) is 0. The minimum atomic E-state index is -4.72. The molecule has 0 atom stereocenters. The van der Waals surface area contributed by atoms with E-state index in [0.717, 1.165) is 17.7 Å². The molecule has 8 heteroatoms. The Morgan fingerprint density at radius 3 is 2.29 bits per heavy atom. The quantitative estimate of drug-likeness (QED) is 0.877. The van der Waals surface area contributed by atoms with E-state index < -0.39 is 6.36 Å². The lowest BCUT2D eigenvalue weighted by atomic mass is 10.2. The molecule has 0 saturated heterocycles. The smallest absolute Gasteiger partial charge is 0.438 e. The van der Waals surface area contributed by atoms with Crippen LogP contribution in [0.5, 0.6) is 17.4 Å².